The van der Waals surface area contributed by atoms with Crippen molar-refractivity contribution in [1.29, 1.82) is 0 Å². The first-order chi connectivity index (χ1) is 25.1. The van der Waals surface area contributed by atoms with E-state index in [1.54, 1.807) is 0 Å². The fraction of sp³-hybridized carbons (Fsp3) is 0.531. The average Bonchev–Trinajstić information content (AvgIpc) is 3.13. The summed E-state index contributed by atoms with van der Waals surface area (Å²) in [6, 6.07) is 5.20. The number of hydrogen-bond donors (Lipinski definition) is 14. The highest BCUT2D eigenvalue weighted by Gasteiger charge is 2.51. The van der Waals surface area contributed by atoms with Crippen LogP contribution in [0.1, 0.15) is 0 Å². The largest absolute Gasteiger partial charge is 0.507 e. The van der Waals surface area contributed by atoms with E-state index in [4.69, 9.17) is 32.8 Å². The summed E-state index contributed by atoms with van der Waals surface area (Å²) >= 11 is 0. The Labute approximate surface area is 297 Å². The number of benzene rings is 2. The average molecular weight is 760 g/mol. The lowest BCUT2D eigenvalue weighted by atomic mass is 9.98. The van der Waals surface area contributed by atoms with Crippen LogP contribution in [0, 0.1) is 0 Å². The molecule has 3 aliphatic heterocycles. The molecule has 3 aromatic rings. The molecular weight excluding hydrogens is 720 g/mol. The summed E-state index contributed by atoms with van der Waals surface area (Å²) in [5.74, 6) is -4.11. The molecule has 1 aromatic heterocycles. The number of hydrogen-bond acceptors (Lipinski definition) is 20. The Balaban J connectivity index is 1.45. The Bertz CT molecular complexity index is 1730. The topological polar surface area (TPSA) is 350 Å². The van der Waals surface area contributed by atoms with Crippen LogP contribution in [0.3, 0.4) is 0 Å². The molecule has 4 heterocycles. The van der Waals surface area contributed by atoms with Crippen molar-refractivity contribution < 1.29 is 104 Å². The third kappa shape index (κ3) is 7.45. The molecule has 3 saturated heterocycles. The van der Waals surface area contributed by atoms with Gasteiger partial charge in [-0.3, -0.25) is 0 Å². The lowest BCUT2D eigenvalue weighted by Gasteiger charge is -2.44. The summed E-state index contributed by atoms with van der Waals surface area (Å²) in [6.07, 6.45) is -24.3. The van der Waals surface area contributed by atoms with Crippen molar-refractivity contribution in [3.05, 3.63) is 30.3 Å². The van der Waals surface area contributed by atoms with Gasteiger partial charge < -0.3 is 99.9 Å². The fourth-order valence-electron chi connectivity index (χ4n) is 6.06. The van der Waals surface area contributed by atoms with Gasteiger partial charge in [0.05, 0.1) is 31.5 Å². The van der Waals surface area contributed by atoms with E-state index in [-0.39, 0.29) is 28.0 Å². The predicted molar refractivity (Wildman–Crippen MR) is 168 cm³/mol. The van der Waals surface area contributed by atoms with Crippen molar-refractivity contribution in [1.82, 2.24) is 0 Å². The molecule has 2 aromatic carbocycles. The predicted octanol–water partition coefficient (Wildman–Crippen LogP) is -3.98. The number of aromatic hydroxyl groups is 4. The van der Waals surface area contributed by atoms with Crippen LogP contribution in [0.4, 0.5) is 0 Å². The molecule has 14 atom stereocenters. The number of phenols is 4. The summed E-state index contributed by atoms with van der Waals surface area (Å²) in [4.78, 5) is 0. The molecule has 21 nitrogen and oxygen atoms in total. The highest BCUT2D eigenvalue weighted by atomic mass is 16.8. The molecule has 0 saturated carbocycles. The number of aliphatic hydroxyl groups excluding tert-OH is 10. The maximum absolute atomic E-state index is 11.1. The second-order valence-electron chi connectivity index (χ2n) is 12.6. The molecule has 0 spiro atoms. The fourth-order valence-corrected chi connectivity index (χ4v) is 6.06. The van der Waals surface area contributed by atoms with E-state index in [2.05, 4.69) is 0 Å². The summed E-state index contributed by atoms with van der Waals surface area (Å²) in [5.41, 5.74) is -0.378. The van der Waals surface area contributed by atoms with E-state index in [0.29, 0.717) is 0 Å². The van der Waals surface area contributed by atoms with Crippen LogP contribution >= 0.6 is 0 Å². The van der Waals surface area contributed by atoms with Crippen molar-refractivity contribution in [2.24, 2.45) is 0 Å². The summed E-state index contributed by atoms with van der Waals surface area (Å²) in [7, 11) is 0. The van der Waals surface area contributed by atoms with Crippen molar-refractivity contribution in [2.45, 2.75) is 86.0 Å². The van der Waals surface area contributed by atoms with E-state index in [0.717, 1.165) is 24.3 Å². The zero-order valence-electron chi connectivity index (χ0n) is 27.2. The zero-order valence-corrected chi connectivity index (χ0v) is 27.2. The first-order valence-corrected chi connectivity index (χ1v) is 16.1. The molecule has 3 aliphatic rings. The van der Waals surface area contributed by atoms with Gasteiger partial charge in [0.2, 0.25) is 18.3 Å². The van der Waals surface area contributed by atoms with Crippen LogP contribution in [0.15, 0.2) is 34.7 Å². The van der Waals surface area contributed by atoms with Crippen LogP contribution in [0.5, 0.6) is 34.5 Å². The lowest BCUT2D eigenvalue weighted by molar-refractivity contribution is -0.344. The first kappa shape index (κ1) is 38.8. The molecule has 0 aliphatic carbocycles. The van der Waals surface area contributed by atoms with E-state index in [1.807, 2.05) is 0 Å². The molecule has 21 heteroatoms. The van der Waals surface area contributed by atoms with Crippen LogP contribution in [0.25, 0.3) is 22.3 Å². The normalized spacial score (nSPS) is 36.3. The quantitative estimate of drug-likeness (QED) is 0.0730. The Hall–Kier alpha value is -3.91. The van der Waals surface area contributed by atoms with E-state index in [1.165, 1.54) is 6.07 Å². The number of ether oxygens (including phenoxy) is 6. The van der Waals surface area contributed by atoms with Gasteiger partial charge in [0.15, 0.2) is 29.6 Å². The lowest BCUT2D eigenvalue weighted by Crippen LogP contribution is -2.63. The molecule has 6 rings (SSSR count). The van der Waals surface area contributed by atoms with Crippen molar-refractivity contribution in [3.63, 3.8) is 0 Å². The van der Waals surface area contributed by atoms with Gasteiger partial charge in [-0.15, -0.1) is 0 Å². The minimum atomic E-state index is -1.93. The minimum Gasteiger partial charge on any atom is -0.507 e. The highest BCUT2D eigenvalue weighted by molar-refractivity contribution is 5.89. The molecule has 14 N–H and O–H groups in total. The first-order valence-electron chi connectivity index (χ1n) is 16.1. The molecule has 0 amide bonds. The standard InChI is InChI=1S/C32H38O21/c33-6-18-22(41)24(43)27(46)31(51-18)49-16-4-10(35)3-15-11(16)5-17(28(48-15)9-1-12(36)20(39)13(37)2-9)50-32-29(25(44)23(42)19(7-34)52-32)53-30-26(45)21(40)14(38)8-47-30/h1-5,14,18-19,21-27,29-34,38,40-46H,6-8H2,(H3-,35,36,37,39)/p+1/t14-,18?,19?,21+,22-,23+,24+,25+,26?,27?,29?,30+,31-,32-/m1/s1. The van der Waals surface area contributed by atoms with Gasteiger partial charge in [0.1, 0.15) is 77.9 Å². The molecule has 3 fully saturated rings. The van der Waals surface area contributed by atoms with Crippen LogP contribution < -0.4 is 9.47 Å². The minimum absolute atomic E-state index is 0.0820. The van der Waals surface area contributed by atoms with E-state index < -0.39 is 135 Å². The van der Waals surface area contributed by atoms with Crippen molar-refractivity contribution in [3.8, 4) is 45.8 Å². The maximum Gasteiger partial charge on any atom is 0.402 e. The number of fused-ring (bicyclic) bond motifs is 1. The Morgan fingerprint density at radius 1 is 0.623 bits per heavy atom. The van der Waals surface area contributed by atoms with Crippen molar-refractivity contribution >= 4 is 11.0 Å². The van der Waals surface area contributed by atoms with Gasteiger partial charge in [-0.25, -0.2) is 4.42 Å². The SMILES string of the molecule is OCC1O[C@@H](Oc2cc(O)cc3[o+]c(-c4cc(O)c(O)c(O)c4)c(O[C@@H]4OC(CO)[C@H](O)[C@H](O)C4O[C@@H]4OC[C@@H](O)[C@H](O)C4O)cc23)C(O)[C@@H](O)[C@@H]1O. The van der Waals surface area contributed by atoms with Gasteiger partial charge in [0.25, 0.3) is 0 Å². The maximum atomic E-state index is 11.1. The number of phenolic OH excluding ortho intramolecular Hbond substituents is 4. The number of rotatable bonds is 9. The number of aliphatic hydroxyl groups is 10. The monoisotopic (exact) mass is 759 g/mol. The summed E-state index contributed by atoms with van der Waals surface area (Å²) in [6.45, 7) is -2.15. The summed E-state index contributed by atoms with van der Waals surface area (Å²) in [5, 5.41) is 144. The van der Waals surface area contributed by atoms with E-state index in [9.17, 15) is 71.5 Å². The zero-order chi connectivity index (χ0) is 38.5. The Kier molecular flexibility index (Phi) is 11.3. The van der Waals surface area contributed by atoms with Gasteiger partial charge in [-0.2, -0.15) is 0 Å². The van der Waals surface area contributed by atoms with Crippen LogP contribution in [-0.2, 0) is 18.9 Å². The molecule has 292 valence electrons. The van der Waals surface area contributed by atoms with Gasteiger partial charge >= 0.3 is 11.3 Å². The third-order valence-corrected chi connectivity index (χ3v) is 9.04. The Morgan fingerprint density at radius 2 is 1.21 bits per heavy atom. The second-order valence-corrected chi connectivity index (χ2v) is 12.6. The molecular formula is C32H39O21+. The molecule has 0 radical (unpaired) electrons. The van der Waals surface area contributed by atoms with Gasteiger partial charge in [0, 0.05) is 24.3 Å². The third-order valence-electron chi connectivity index (χ3n) is 9.04. The van der Waals surface area contributed by atoms with Crippen molar-refractivity contribution in [2.75, 3.05) is 19.8 Å². The molecule has 5 unspecified atom stereocenters. The molecule has 53 heavy (non-hydrogen) atoms. The molecule has 0 bridgehead atoms. The smallest absolute Gasteiger partial charge is 0.402 e. The van der Waals surface area contributed by atoms with Gasteiger partial charge in [-0.05, 0) is 0 Å². The van der Waals surface area contributed by atoms with Crippen LogP contribution in [0.2, 0.25) is 0 Å². The van der Waals surface area contributed by atoms with Crippen LogP contribution in [-0.4, -0.2) is 177 Å². The summed E-state index contributed by atoms with van der Waals surface area (Å²) < 4.78 is 40.1. The Morgan fingerprint density at radius 3 is 1.85 bits per heavy atom. The second kappa shape index (κ2) is 15.4. The van der Waals surface area contributed by atoms with E-state index >= 15 is 0 Å². The van der Waals surface area contributed by atoms with Gasteiger partial charge in [-0.1, -0.05) is 0 Å². The highest BCUT2D eigenvalue weighted by Crippen LogP contribution is 2.45.